The molecule has 1 aliphatic heterocycles. The minimum absolute atomic E-state index is 0.329. The van der Waals surface area contributed by atoms with Crippen LogP contribution in [0.25, 0.3) is 0 Å². The lowest BCUT2D eigenvalue weighted by Gasteiger charge is -2.10. The third-order valence-corrected chi connectivity index (χ3v) is 1.87. The van der Waals surface area contributed by atoms with Gasteiger partial charge in [-0.3, -0.25) is 0 Å². The zero-order valence-corrected chi connectivity index (χ0v) is 7.05. The van der Waals surface area contributed by atoms with Gasteiger partial charge in [0.15, 0.2) is 0 Å². The second-order valence-corrected chi connectivity index (χ2v) is 3.25. The molecule has 0 radical (unpaired) electrons. The number of hydrogen-bond donors (Lipinski definition) is 2. The summed E-state index contributed by atoms with van der Waals surface area (Å²) in [6.07, 6.45) is 0.879. The molecule has 66 valence electrons. The zero-order valence-electron chi connectivity index (χ0n) is 7.05. The van der Waals surface area contributed by atoms with E-state index in [1.807, 2.05) is 0 Å². The molecule has 11 heavy (non-hydrogen) atoms. The maximum absolute atomic E-state index is 8.89. The van der Waals surface area contributed by atoms with E-state index in [-0.39, 0.29) is 6.10 Å². The standard InChI is InChI=1S/C8H17NO2/c1-7(10)5-11-6-8-2-3-9-4-8/h7-10H,2-6H2,1H3. The summed E-state index contributed by atoms with van der Waals surface area (Å²) in [7, 11) is 0. The van der Waals surface area contributed by atoms with Crippen molar-refractivity contribution < 1.29 is 9.84 Å². The fraction of sp³-hybridized carbons (Fsp3) is 1.00. The first-order chi connectivity index (χ1) is 5.29. The van der Waals surface area contributed by atoms with Crippen molar-refractivity contribution in [3.05, 3.63) is 0 Å². The van der Waals surface area contributed by atoms with E-state index >= 15 is 0 Å². The summed E-state index contributed by atoms with van der Waals surface area (Å²) >= 11 is 0. The molecule has 0 aromatic rings. The summed E-state index contributed by atoms with van der Waals surface area (Å²) in [5.41, 5.74) is 0. The molecule has 3 heteroatoms. The molecule has 0 aromatic heterocycles. The minimum Gasteiger partial charge on any atom is -0.391 e. The number of aliphatic hydroxyl groups is 1. The number of hydrogen-bond acceptors (Lipinski definition) is 3. The first-order valence-corrected chi connectivity index (χ1v) is 4.25. The van der Waals surface area contributed by atoms with Gasteiger partial charge in [0.1, 0.15) is 0 Å². The normalized spacial score (nSPS) is 27.3. The lowest BCUT2D eigenvalue weighted by molar-refractivity contribution is 0.0321. The molecule has 0 spiro atoms. The Morgan fingerprint density at radius 2 is 2.55 bits per heavy atom. The van der Waals surface area contributed by atoms with Crippen LogP contribution < -0.4 is 5.32 Å². The molecule has 0 bridgehead atoms. The van der Waals surface area contributed by atoms with Gasteiger partial charge in [-0.25, -0.2) is 0 Å². The molecule has 2 N–H and O–H groups in total. The molecular weight excluding hydrogens is 142 g/mol. The summed E-state index contributed by atoms with van der Waals surface area (Å²) in [6, 6.07) is 0. The summed E-state index contributed by atoms with van der Waals surface area (Å²) in [5.74, 6) is 0.661. The summed E-state index contributed by atoms with van der Waals surface area (Å²) in [5, 5.41) is 12.2. The van der Waals surface area contributed by atoms with Gasteiger partial charge in [0, 0.05) is 6.54 Å². The Kier molecular flexibility index (Phi) is 3.83. The Hall–Kier alpha value is -0.120. The van der Waals surface area contributed by atoms with E-state index in [9.17, 15) is 0 Å². The van der Waals surface area contributed by atoms with E-state index in [0.717, 1.165) is 19.7 Å². The van der Waals surface area contributed by atoms with E-state index in [2.05, 4.69) is 5.32 Å². The van der Waals surface area contributed by atoms with E-state index in [4.69, 9.17) is 9.84 Å². The van der Waals surface area contributed by atoms with E-state index in [1.165, 1.54) is 6.42 Å². The van der Waals surface area contributed by atoms with Crippen molar-refractivity contribution in [2.24, 2.45) is 5.92 Å². The number of nitrogens with one attached hydrogen (secondary N) is 1. The highest BCUT2D eigenvalue weighted by atomic mass is 16.5. The third kappa shape index (κ3) is 3.70. The molecule has 2 unspecified atom stereocenters. The maximum Gasteiger partial charge on any atom is 0.0745 e. The summed E-state index contributed by atoms with van der Waals surface area (Å²) < 4.78 is 5.29. The molecule has 1 aliphatic rings. The van der Waals surface area contributed by atoms with E-state index < -0.39 is 0 Å². The Morgan fingerprint density at radius 3 is 3.09 bits per heavy atom. The molecule has 3 nitrogen and oxygen atoms in total. The van der Waals surface area contributed by atoms with Crippen LogP contribution in [-0.2, 0) is 4.74 Å². The summed E-state index contributed by atoms with van der Waals surface area (Å²) in [6.45, 7) is 5.18. The molecule has 1 rings (SSSR count). The van der Waals surface area contributed by atoms with Gasteiger partial charge in [0.25, 0.3) is 0 Å². The highest BCUT2D eigenvalue weighted by Gasteiger charge is 2.14. The number of aliphatic hydroxyl groups excluding tert-OH is 1. The highest BCUT2D eigenvalue weighted by molar-refractivity contribution is 4.70. The smallest absolute Gasteiger partial charge is 0.0745 e. The van der Waals surface area contributed by atoms with Gasteiger partial charge >= 0.3 is 0 Å². The second kappa shape index (κ2) is 4.70. The van der Waals surface area contributed by atoms with Gasteiger partial charge in [-0.1, -0.05) is 0 Å². The Balaban J connectivity index is 1.94. The predicted molar refractivity (Wildman–Crippen MR) is 43.5 cm³/mol. The van der Waals surface area contributed by atoms with Crippen LogP contribution in [0.1, 0.15) is 13.3 Å². The monoisotopic (exact) mass is 159 g/mol. The van der Waals surface area contributed by atoms with Crippen LogP contribution in [0.3, 0.4) is 0 Å². The topological polar surface area (TPSA) is 41.5 Å². The van der Waals surface area contributed by atoms with Crippen LogP contribution in [0.5, 0.6) is 0 Å². The molecule has 1 fully saturated rings. The van der Waals surface area contributed by atoms with Gasteiger partial charge in [-0.15, -0.1) is 0 Å². The van der Waals surface area contributed by atoms with Crippen molar-refractivity contribution in [2.45, 2.75) is 19.4 Å². The molecule has 1 saturated heterocycles. The van der Waals surface area contributed by atoms with E-state index in [0.29, 0.717) is 12.5 Å². The number of rotatable bonds is 4. The van der Waals surface area contributed by atoms with Crippen molar-refractivity contribution in [1.29, 1.82) is 0 Å². The van der Waals surface area contributed by atoms with Gasteiger partial charge < -0.3 is 15.2 Å². The van der Waals surface area contributed by atoms with Crippen molar-refractivity contribution in [3.63, 3.8) is 0 Å². The first-order valence-electron chi connectivity index (χ1n) is 4.25. The van der Waals surface area contributed by atoms with Crippen molar-refractivity contribution in [1.82, 2.24) is 5.32 Å². The molecular formula is C8H17NO2. The maximum atomic E-state index is 8.89. The SMILES string of the molecule is CC(O)COCC1CCNC1. The average Bonchev–Trinajstić information content (AvgIpc) is 2.39. The molecule has 1 heterocycles. The minimum atomic E-state index is -0.329. The quantitative estimate of drug-likeness (QED) is 0.606. The highest BCUT2D eigenvalue weighted by Crippen LogP contribution is 2.07. The predicted octanol–water partition coefficient (Wildman–Crippen LogP) is -0.00670. The summed E-state index contributed by atoms with van der Waals surface area (Å²) in [4.78, 5) is 0. The van der Waals surface area contributed by atoms with E-state index in [1.54, 1.807) is 6.92 Å². The number of ether oxygens (including phenoxy) is 1. The largest absolute Gasteiger partial charge is 0.391 e. The van der Waals surface area contributed by atoms with Crippen molar-refractivity contribution >= 4 is 0 Å². The van der Waals surface area contributed by atoms with Gasteiger partial charge in [-0.2, -0.15) is 0 Å². The molecule has 2 atom stereocenters. The zero-order chi connectivity index (χ0) is 8.10. The first kappa shape index (κ1) is 8.97. The van der Waals surface area contributed by atoms with Crippen molar-refractivity contribution in [3.8, 4) is 0 Å². The molecule has 0 saturated carbocycles. The van der Waals surface area contributed by atoms with Crippen LogP contribution in [0.2, 0.25) is 0 Å². The van der Waals surface area contributed by atoms with Gasteiger partial charge in [-0.05, 0) is 25.8 Å². The fourth-order valence-corrected chi connectivity index (χ4v) is 1.26. The van der Waals surface area contributed by atoms with Crippen LogP contribution >= 0.6 is 0 Å². The van der Waals surface area contributed by atoms with Crippen molar-refractivity contribution in [2.75, 3.05) is 26.3 Å². The van der Waals surface area contributed by atoms with Crippen LogP contribution in [0.15, 0.2) is 0 Å². The van der Waals surface area contributed by atoms with Gasteiger partial charge in [0.05, 0.1) is 19.3 Å². The molecule has 0 aliphatic carbocycles. The molecule has 0 aromatic carbocycles. The lowest BCUT2D eigenvalue weighted by Crippen LogP contribution is -2.17. The van der Waals surface area contributed by atoms with Gasteiger partial charge in [0.2, 0.25) is 0 Å². The second-order valence-electron chi connectivity index (χ2n) is 3.25. The van der Waals surface area contributed by atoms with Crippen LogP contribution in [-0.4, -0.2) is 37.5 Å². The Labute approximate surface area is 67.7 Å². The third-order valence-electron chi connectivity index (χ3n) is 1.87. The Morgan fingerprint density at radius 1 is 1.73 bits per heavy atom. The fourth-order valence-electron chi connectivity index (χ4n) is 1.26. The average molecular weight is 159 g/mol. The van der Waals surface area contributed by atoms with Crippen LogP contribution in [0.4, 0.5) is 0 Å². The lowest BCUT2D eigenvalue weighted by atomic mass is 10.1. The van der Waals surface area contributed by atoms with Crippen LogP contribution in [0, 0.1) is 5.92 Å². The Bertz CT molecular complexity index is 100. The molecule has 0 amide bonds.